The van der Waals surface area contributed by atoms with E-state index in [1.54, 1.807) is 0 Å². The SMILES string of the molecule is NC1=N[C@H](c2cc(F)ccc2F)CC(=O)N1. The average molecular weight is 225 g/mol. The van der Waals surface area contributed by atoms with Crippen molar-refractivity contribution in [1.82, 2.24) is 5.32 Å². The van der Waals surface area contributed by atoms with E-state index in [1.807, 2.05) is 0 Å². The first-order chi connectivity index (χ1) is 7.56. The van der Waals surface area contributed by atoms with E-state index in [-0.39, 0.29) is 23.9 Å². The predicted molar refractivity (Wildman–Crippen MR) is 53.5 cm³/mol. The van der Waals surface area contributed by atoms with Gasteiger partial charge in [0.1, 0.15) is 11.6 Å². The molecule has 6 heteroatoms. The molecule has 0 saturated heterocycles. The number of carbonyl (C=O) groups is 1. The van der Waals surface area contributed by atoms with Crippen LogP contribution in [0.3, 0.4) is 0 Å². The van der Waals surface area contributed by atoms with Crippen molar-refractivity contribution in [2.24, 2.45) is 10.7 Å². The van der Waals surface area contributed by atoms with E-state index in [2.05, 4.69) is 10.3 Å². The molecule has 16 heavy (non-hydrogen) atoms. The predicted octanol–water partition coefficient (Wildman–Crippen LogP) is 0.841. The van der Waals surface area contributed by atoms with Gasteiger partial charge in [-0.1, -0.05) is 0 Å². The highest BCUT2D eigenvalue weighted by Crippen LogP contribution is 2.26. The molecule has 1 aromatic rings. The topological polar surface area (TPSA) is 67.5 Å². The van der Waals surface area contributed by atoms with Gasteiger partial charge in [-0.25, -0.2) is 13.8 Å². The highest BCUT2D eigenvalue weighted by atomic mass is 19.1. The Balaban J connectivity index is 2.40. The van der Waals surface area contributed by atoms with Crippen LogP contribution in [0.4, 0.5) is 8.78 Å². The van der Waals surface area contributed by atoms with Crippen molar-refractivity contribution >= 4 is 11.9 Å². The monoisotopic (exact) mass is 225 g/mol. The largest absolute Gasteiger partial charge is 0.370 e. The molecular weight excluding hydrogens is 216 g/mol. The first kappa shape index (κ1) is 10.5. The molecule has 1 heterocycles. The molecular formula is C10H9F2N3O. The second-order valence-corrected chi connectivity index (χ2v) is 3.45. The van der Waals surface area contributed by atoms with Crippen LogP contribution in [0, 0.1) is 11.6 Å². The lowest BCUT2D eigenvalue weighted by molar-refractivity contribution is -0.120. The molecule has 0 radical (unpaired) electrons. The number of aliphatic imine (C=N–C) groups is 1. The number of guanidine groups is 1. The molecule has 0 saturated carbocycles. The molecule has 3 N–H and O–H groups in total. The van der Waals surface area contributed by atoms with E-state index in [1.165, 1.54) is 0 Å². The zero-order chi connectivity index (χ0) is 11.7. The minimum atomic E-state index is -0.760. The normalized spacial score (nSPS) is 20.2. The van der Waals surface area contributed by atoms with Crippen molar-refractivity contribution in [2.75, 3.05) is 0 Å². The number of hydrogen-bond acceptors (Lipinski definition) is 3. The van der Waals surface area contributed by atoms with Gasteiger partial charge in [-0.15, -0.1) is 0 Å². The Morgan fingerprint density at radius 2 is 2.19 bits per heavy atom. The lowest BCUT2D eigenvalue weighted by Crippen LogP contribution is -2.41. The maximum atomic E-state index is 13.4. The van der Waals surface area contributed by atoms with Crippen LogP contribution in [0.1, 0.15) is 18.0 Å². The quantitative estimate of drug-likeness (QED) is 0.743. The maximum Gasteiger partial charge on any atom is 0.229 e. The van der Waals surface area contributed by atoms with Gasteiger partial charge in [-0.3, -0.25) is 10.1 Å². The molecule has 2 rings (SSSR count). The Labute approximate surface area is 90.2 Å². The Hall–Kier alpha value is -1.98. The second kappa shape index (κ2) is 3.88. The van der Waals surface area contributed by atoms with E-state index in [0.717, 1.165) is 18.2 Å². The highest BCUT2D eigenvalue weighted by Gasteiger charge is 2.23. The number of nitrogens with zero attached hydrogens (tertiary/aromatic N) is 1. The summed E-state index contributed by atoms with van der Waals surface area (Å²) >= 11 is 0. The van der Waals surface area contributed by atoms with Gasteiger partial charge < -0.3 is 5.73 Å². The van der Waals surface area contributed by atoms with Crippen LogP contribution >= 0.6 is 0 Å². The fourth-order valence-corrected chi connectivity index (χ4v) is 1.56. The van der Waals surface area contributed by atoms with E-state index in [0.29, 0.717) is 0 Å². The van der Waals surface area contributed by atoms with Crippen molar-refractivity contribution in [2.45, 2.75) is 12.5 Å². The van der Waals surface area contributed by atoms with Crippen LogP contribution < -0.4 is 11.1 Å². The van der Waals surface area contributed by atoms with Gasteiger partial charge in [0.05, 0.1) is 12.5 Å². The third-order valence-corrected chi connectivity index (χ3v) is 2.26. The standard InChI is InChI=1S/C10H9F2N3O/c11-5-1-2-7(12)6(3-5)8-4-9(16)15-10(13)14-8/h1-3,8H,4H2,(H3,13,14,15,16)/t8-/m0/s1. The summed E-state index contributed by atoms with van der Waals surface area (Å²) in [5.74, 6) is -1.61. The molecule has 0 aromatic heterocycles. The van der Waals surface area contributed by atoms with Crippen LogP contribution in [-0.2, 0) is 4.79 Å². The fourth-order valence-electron chi connectivity index (χ4n) is 1.56. The summed E-state index contributed by atoms with van der Waals surface area (Å²) in [7, 11) is 0. The summed E-state index contributed by atoms with van der Waals surface area (Å²) in [6, 6.07) is 2.28. The molecule has 0 spiro atoms. The molecule has 84 valence electrons. The summed E-state index contributed by atoms with van der Waals surface area (Å²) in [4.78, 5) is 15.0. The highest BCUT2D eigenvalue weighted by molar-refractivity contribution is 5.98. The number of rotatable bonds is 1. The number of nitrogens with one attached hydrogen (secondary N) is 1. The van der Waals surface area contributed by atoms with Gasteiger partial charge in [-0.05, 0) is 18.2 Å². The molecule has 0 bridgehead atoms. The van der Waals surface area contributed by atoms with Crippen LogP contribution in [0.2, 0.25) is 0 Å². The van der Waals surface area contributed by atoms with Crippen molar-refractivity contribution in [1.29, 1.82) is 0 Å². The minimum absolute atomic E-state index is 0.0396. The molecule has 1 aliphatic heterocycles. The average Bonchev–Trinajstić information content (AvgIpc) is 2.20. The van der Waals surface area contributed by atoms with Crippen molar-refractivity contribution in [3.05, 3.63) is 35.4 Å². The number of hydrogen-bond donors (Lipinski definition) is 2. The van der Waals surface area contributed by atoms with E-state index in [4.69, 9.17) is 5.73 Å². The minimum Gasteiger partial charge on any atom is -0.370 e. The van der Waals surface area contributed by atoms with Gasteiger partial charge in [0.25, 0.3) is 0 Å². The molecule has 1 aromatic carbocycles. The number of benzene rings is 1. The van der Waals surface area contributed by atoms with E-state index < -0.39 is 17.7 Å². The van der Waals surface area contributed by atoms with Crippen LogP contribution in [0.15, 0.2) is 23.2 Å². The lowest BCUT2D eigenvalue weighted by atomic mass is 10.0. The number of carbonyl (C=O) groups excluding carboxylic acids is 1. The first-order valence-corrected chi connectivity index (χ1v) is 4.64. The number of amides is 1. The van der Waals surface area contributed by atoms with E-state index in [9.17, 15) is 13.6 Å². The van der Waals surface area contributed by atoms with Gasteiger partial charge in [-0.2, -0.15) is 0 Å². The Morgan fingerprint density at radius 1 is 1.44 bits per heavy atom. The Kier molecular flexibility index (Phi) is 2.55. The number of nitrogens with two attached hydrogens (primary N) is 1. The summed E-state index contributed by atoms with van der Waals surface area (Å²) in [5.41, 5.74) is 5.38. The molecule has 0 fully saturated rings. The maximum absolute atomic E-state index is 13.4. The Morgan fingerprint density at radius 3 is 2.88 bits per heavy atom. The summed E-state index contributed by atoms with van der Waals surface area (Å²) in [6.45, 7) is 0. The first-order valence-electron chi connectivity index (χ1n) is 4.64. The lowest BCUT2D eigenvalue weighted by Gasteiger charge is -2.19. The molecule has 1 amide bonds. The van der Waals surface area contributed by atoms with Crippen molar-refractivity contribution < 1.29 is 13.6 Å². The van der Waals surface area contributed by atoms with Crippen LogP contribution in [-0.4, -0.2) is 11.9 Å². The zero-order valence-corrected chi connectivity index (χ0v) is 8.21. The Bertz CT molecular complexity index is 473. The summed E-state index contributed by atoms with van der Waals surface area (Å²) in [6.07, 6.45) is -0.0406. The summed E-state index contributed by atoms with van der Waals surface area (Å²) < 4.78 is 26.3. The van der Waals surface area contributed by atoms with Gasteiger partial charge >= 0.3 is 0 Å². The third-order valence-electron chi connectivity index (χ3n) is 2.26. The van der Waals surface area contributed by atoms with Gasteiger partial charge in [0, 0.05) is 5.56 Å². The van der Waals surface area contributed by atoms with E-state index >= 15 is 0 Å². The van der Waals surface area contributed by atoms with Gasteiger partial charge in [0.2, 0.25) is 5.91 Å². The summed E-state index contributed by atoms with van der Waals surface area (Å²) in [5, 5.41) is 2.29. The van der Waals surface area contributed by atoms with Crippen molar-refractivity contribution in [3.8, 4) is 0 Å². The smallest absolute Gasteiger partial charge is 0.229 e. The third kappa shape index (κ3) is 2.00. The molecule has 0 aliphatic carbocycles. The molecule has 1 atom stereocenters. The van der Waals surface area contributed by atoms with Gasteiger partial charge in [0.15, 0.2) is 5.96 Å². The molecule has 4 nitrogen and oxygen atoms in total. The van der Waals surface area contributed by atoms with Crippen molar-refractivity contribution in [3.63, 3.8) is 0 Å². The zero-order valence-electron chi connectivity index (χ0n) is 8.21. The molecule has 0 unspecified atom stereocenters. The number of halogens is 2. The van der Waals surface area contributed by atoms with Crippen LogP contribution in [0.5, 0.6) is 0 Å². The van der Waals surface area contributed by atoms with Crippen LogP contribution in [0.25, 0.3) is 0 Å². The molecule has 1 aliphatic rings. The fraction of sp³-hybridized carbons (Fsp3) is 0.200. The second-order valence-electron chi connectivity index (χ2n) is 3.45.